The van der Waals surface area contributed by atoms with E-state index in [2.05, 4.69) is 16.4 Å². The molecule has 2 amide bonds. The van der Waals surface area contributed by atoms with Gasteiger partial charge in [-0.2, -0.15) is 5.26 Å². The molecule has 2 rings (SSSR count). The lowest BCUT2D eigenvalue weighted by Crippen LogP contribution is -2.39. The highest BCUT2D eigenvalue weighted by Gasteiger charge is 2.15. The van der Waals surface area contributed by atoms with E-state index >= 15 is 0 Å². The topological polar surface area (TPSA) is 90.7 Å². The van der Waals surface area contributed by atoms with Crippen LogP contribution in [0.15, 0.2) is 42.6 Å². The summed E-state index contributed by atoms with van der Waals surface area (Å²) >= 11 is 0. The molecule has 0 saturated carbocycles. The Kier molecular flexibility index (Phi) is 8.89. The summed E-state index contributed by atoms with van der Waals surface area (Å²) in [7, 11) is 5.53. The molecule has 1 heterocycles. The summed E-state index contributed by atoms with van der Waals surface area (Å²) in [4.78, 5) is 20.8. The van der Waals surface area contributed by atoms with Crippen molar-refractivity contribution in [1.82, 2.24) is 14.8 Å². The van der Waals surface area contributed by atoms with Gasteiger partial charge in [0, 0.05) is 32.8 Å². The van der Waals surface area contributed by atoms with E-state index in [1.807, 2.05) is 31.1 Å². The molecule has 0 spiro atoms. The summed E-state index contributed by atoms with van der Waals surface area (Å²) in [6, 6.07) is 12.6. The van der Waals surface area contributed by atoms with E-state index in [0.717, 1.165) is 12.1 Å². The first-order valence-corrected chi connectivity index (χ1v) is 9.29. The molecular weight excluding hydrogens is 370 g/mol. The summed E-state index contributed by atoms with van der Waals surface area (Å²) in [5.41, 5.74) is 2.14. The fourth-order valence-electron chi connectivity index (χ4n) is 2.45. The number of anilines is 1. The van der Waals surface area contributed by atoms with Crippen molar-refractivity contribution in [2.75, 3.05) is 52.8 Å². The van der Waals surface area contributed by atoms with Crippen LogP contribution in [0.3, 0.4) is 0 Å². The smallest absolute Gasteiger partial charge is 0.322 e. The van der Waals surface area contributed by atoms with Crippen molar-refractivity contribution in [2.24, 2.45) is 0 Å². The second kappa shape index (κ2) is 11.6. The van der Waals surface area contributed by atoms with Gasteiger partial charge in [0.1, 0.15) is 6.61 Å². The number of aromatic nitrogens is 1. The standard InChI is InChI=1S/C21H27N5O3/c1-25(2)10-11-26(16-18-6-4-17(14-22)5-7-18)21(27)24-19-8-9-20(23-15-19)29-13-12-28-3/h4-9,15H,10-13,16H2,1-3H3,(H,24,27). The fourth-order valence-corrected chi connectivity index (χ4v) is 2.45. The Hall–Kier alpha value is -3.15. The first-order valence-electron chi connectivity index (χ1n) is 9.29. The number of pyridine rings is 1. The van der Waals surface area contributed by atoms with Crippen molar-refractivity contribution in [1.29, 1.82) is 5.26 Å². The molecule has 8 heteroatoms. The van der Waals surface area contributed by atoms with Gasteiger partial charge in [-0.3, -0.25) is 0 Å². The zero-order chi connectivity index (χ0) is 21.1. The molecule has 0 aliphatic rings. The minimum absolute atomic E-state index is 0.217. The zero-order valence-electron chi connectivity index (χ0n) is 17.1. The van der Waals surface area contributed by atoms with Crippen LogP contribution in [0.4, 0.5) is 10.5 Å². The van der Waals surface area contributed by atoms with E-state index in [9.17, 15) is 4.79 Å². The summed E-state index contributed by atoms with van der Waals surface area (Å²) in [5, 5.41) is 11.8. The quantitative estimate of drug-likeness (QED) is 0.620. The van der Waals surface area contributed by atoms with Crippen molar-refractivity contribution in [3.63, 3.8) is 0 Å². The van der Waals surface area contributed by atoms with Crippen LogP contribution in [0.2, 0.25) is 0 Å². The first kappa shape index (κ1) is 22.1. The highest BCUT2D eigenvalue weighted by atomic mass is 16.5. The molecule has 0 radical (unpaired) electrons. The van der Waals surface area contributed by atoms with Gasteiger partial charge in [-0.1, -0.05) is 12.1 Å². The average molecular weight is 397 g/mol. The number of nitriles is 1. The maximum absolute atomic E-state index is 12.8. The summed E-state index contributed by atoms with van der Waals surface area (Å²) in [6.45, 7) is 2.63. The van der Waals surface area contributed by atoms with Crippen LogP contribution >= 0.6 is 0 Å². The molecule has 0 bridgehead atoms. The number of urea groups is 1. The van der Waals surface area contributed by atoms with Crippen molar-refractivity contribution < 1.29 is 14.3 Å². The van der Waals surface area contributed by atoms with E-state index in [0.29, 0.717) is 43.4 Å². The minimum Gasteiger partial charge on any atom is -0.475 e. The largest absolute Gasteiger partial charge is 0.475 e. The SMILES string of the molecule is COCCOc1ccc(NC(=O)N(CCN(C)C)Cc2ccc(C#N)cc2)cn1. The number of hydrogen-bond acceptors (Lipinski definition) is 6. The van der Waals surface area contributed by atoms with Crippen LogP contribution in [0.1, 0.15) is 11.1 Å². The van der Waals surface area contributed by atoms with Gasteiger partial charge in [0.05, 0.1) is 30.1 Å². The number of hydrogen-bond donors (Lipinski definition) is 1. The van der Waals surface area contributed by atoms with Gasteiger partial charge in [0.15, 0.2) is 0 Å². The van der Waals surface area contributed by atoms with E-state index in [-0.39, 0.29) is 6.03 Å². The molecule has 2 aromatic rings. The normalized spacial score (nSPS) is 10.4. The predicted molar refractivity (Wildman–Crippen MR) is 111 cm³/mol. The van der Waals surface area contributed by atoms with Crippen molar-refractivity contribution in [3.8, 4) is 11.9 Å². The molecule has 0 unspecified atom stereocenters. The lowest BCUT2D eigenvalue weighted by Gasteiger charge is -2.25. The Morgan fingerprint density at radius 1 is 1.14 bits per heavy atom. The number of likely N-dealkylation sites (N-methyl/N-ethyl adjacent to an activating group) is 1. The molecule has 1 N–H and O–H groups in total. The number of rotatable bonds is 10. The van der Waals surface area contributed by atoms with Gasteiger partial charge in [-0.25, -0.2) is 9.78 Å². The maximum Gasteiger partial charge on any atom is 0.322 e. The van der Waals surface area contributed by atoms with Crippen molar-refractivity contribution >= 4 is 11.7 Å². The summed E-state index contributed by atoms with van der Waals surface area (Å²) in [6.07, 6.45) is 1.56. The molecule has 1 aromatic heterocycles. The number of amides is 2. The molecule has 154 valence electrons. The molecule has 8 nitrogen and oxygen atoms in total. The van der Waals surface area contributed by atoms with E-state index in [4.69, 9.17) is 14.7 Å². The van der Waals surface area contributed by atoms with E-state index in [1.165, 1.54) is 0 Å². The van der Waals surface area contributed by atoms with Crippen LogP contribution in [-0.2, 0) is 11.3 Å². The molecule has 0 saturated heterocycles. The van der Waals surface area contributed by atoms with Crippen LogP contribution in [0.5, 0.6) is 5.88 Å². The van der Waals surface area contributed by atoms with Gasteiger partial charge >= 0.3 is 6.03 Å². The lowest BCUT2D eigenvalue weighted by molar-refractivity contribution is 0.144. The molecule has 0 aliphatic heterocycles. The Labute approximate surface area is 171 Å². The Morgan fingerprint density at radius 2 is 1.90 bits per heavy atom. The number of benzene rings is 1. The van der Waals surface area contributed by atoms with Crippen molar-refractivity contribution in [2.45, 2.75) is 6.54 Å². The van der Waals surface area contributed by atoms with Crippen LogP contribution in [0, 0.1) is 11.3 Å². The highest BCUT2D eigenvalue weighted by molar-refractivity contribution is 5.89. The third-order valence-corrected chi connectivity index (χ3v) is 4.09. The maximum atomic E-state index is 12.8. The Morgan fingerprint density at radius 3 is 2.48 bits per heavy atom. The van der Waals surface area contributed by atoms with Gasteiger partial charge in [-0.15, -0.1) is 0 Å². The van der Waals surface area contributed by atoms with Gasteiger partial charge in [-0.05, 0) is 37.9 Å². The lowest BCUT2D eigenvalue weighted by atomic mass is 10.1. The van der Waals surface area contributed by atoms with Gasteiger partial charge in [0.25, 0.3) is 0 Å². The van der Waals surface area contributed by atoms with Crippen molar-refractivity contribution in [3.05, 3.63) is 53.7 Å². The molecule has 0 atom stereocenters. The molecule has 1 aromatic carbocycles. The van der Waals surface area contributed by atoms with Gasteiger partial charge in [0.2, 0.25) is 5.88 Å². The number of nitrogens with zero attached hydrogens (tertiary/aromatic N) is 4. The van der Waals surface area contributed by atoms with Crippen LogP contribution < -0.4 is 10.1 Å². The fraction of sp³-hybridized carbons (Fsp3) is 0.381. The Balaban J connectivity index is 2.01. The van der Waals surface area contributed by atoms with E-state index < -0.39 is 0 Å². The molecule has 0 aliphatic carbocycles. The first-order chi connectivity index (χ1) is 14.0. The summed E-state index contributed by atoms with van der Waals surface area (Å²) in [5.74, 6) is 0.474. The number of carbonyl (C=O) groups is 1. The second-order valence-corrected chi connectivity index (χ2v) is 6.69. The Bertz CT molecular complexity index is 801. The molecule has 29 heavy (non-hydrogen) atoms. The monoisotopic (exact) mass is 397 g/mol. The number of methoxy groups -OCH3 is 1. The number of ether oxygens (including phenoxy) is 2. The molecular formula is C21H27N5O3. The van der Waals surface area contributed by atoms with Crippen LogP contribution in [0.25, 0.3) is 0 Å². The average Bonchev–Trinajstić information content (AvgIpc) is 2.72. The zero-order valence-corrected chi connectivity index (χ0v) is 17.1. The minimum atomic E-state index is -0.217. The number of carbonyl (C=O) groups excluding carboxylic acids is 1. The highest BCUT2D eigenvalue weighted by Crippen LogP contribution is 2.14. The van der Waals surface area contributed by atoms with Gasteiger partial charge < -0.3 is 24.6 Å². The predicted octanol–water partition coefficient (Wildman–Crippen LogP) is 2.57. The second-order valence-electron chi connectivity index (χ2n) is 6.69. The van der Waals surface area contributed by atoms with E-state index in [1.54, 1.807) is 42.5 Å². The third-order valence-electron chi connectivity index (χ3n) is 4.09. The van der Waals surface area contributed by atoms with Crippen LogP contribution in [-0.4, -0.2) is 68.3 Å². The molecule has 0 fully saturated rings. The third kappa shape index (κ3) is 7.78. The summed E-state index contributed by atoms with van der Waals surface area (Å²) < 4.78 is 10.4. The number of nitrogens with one attached hydrogen (secondary N) is 1.